The van der Waals surface area contributed by atoms with Gasteiger partial charge in [0, 0.05) is 11.6 Å². The predicted octanol–water partition coefficient (Wildman–Crippen LogP) is 3.89. The zero-order chi connectivity index (χ0) is 23.6. The van der Waals surface area contributed by atoms with Crippen LogP contribution >= 0.6 is 11.6 Å². The van der Waals surface area contributed by atoms with Gasteiger partial charge in [-0.2, -0.15) is 0 Å². The van der Waals surface area contributed by atoms with Crippen molar-refractivity contribution < 1.29 is 28.6 Å². The molecule has 3 aliphatic carbocycles. The number of benzene rings is 2. The second kappa shape index (κ2) is 9.19. The number of carbonyl (C=O) groups is 2. The predicted molar refractivity (Wildman–Crippen MR) is 120 cm³/mol. The molecule has 3 saturated carbocycles. The van der Waals surface area contributed by atoms with Crippen molar-refractivity contribution in [2.75, 3.05) is 6.61 Å². The quantitative estimate of drug-likeness (QED) is 0.587. The van der Waals surface area contributed by atoms with Gasteiger partial charge in [0.1, 0.15) is 17.3 Å². The highest BCUT2D eigenvalue weighted by Gasteiger charge is 2.55. The Morgan fingerprint density at radius 2 is 1.76 bits per heavy atom. The number of halogens is 2. The van der Waals surface area contributed by atoms with Gasteiger partial charge in [-0.05, 0) is 63.3 Å². The number of hydrogen-bond acceptors (Lipinski definition) is 5. The van der Waals surface area contributed by atoms with Crippen molar-refractivity contribution in [3.05, 3.63) is 58.9 Å². The van der Waals surface area contributed by atoms with Crippen molar-refractivity contribution in [2.24, 2.45) is 0 Å². The van der Waals surface area contributed by atoms with E-state index < -0.39 is 29.1 Å². The van der Waals surface area contributed by atoms with E-state index in [9.17, 15) is 19.1 Å². The molecule has 2 amide bonds. The van der Waals surface area contributed by atoms with E-state index in [-0.39, 0.29) is 23.3 Å². The van der Waals surface area contributed by atoms with Gasteiger partial charge < -0.3 is 25.2 Å². The van der Waals surface area contributed by atoms with Gasteiger partial charge in [0.15, 0.2) is 6.61 Å². The van der Waals surface area contributed by atoms with Crippen molar-refractivity contribution in [3.63, 3.8) is 0 Å². The molecule has 0 aromatic heterocycles. The summed E-state index contributed by atoms with van der Waals surface area (Å²) in [7, 11) is 0. The molecule has 1 unspecified atom stereocenters. The molecule has 0 radical (unpaired) electrons. The SMILES string of the molecule is Cc1ccc(OC(=O)NC23CCC(NC(=O)COc4ccc(Cl)c(F)c4)(CC2)CC3O)cc1. The molecule has 3 N–H and O–H groups in total. The molecule has 2 aromatic carbocycles. The largest absolute Gasteiger partial charge is 0.484 e. The molecule has 176 valence electrons. The Balaban J connectivity index is 1.30. The molecule has 0 aliphatic heterocycles. The van der Waals surface area contributed by atoms with Gasteiger partial charge in [-0.15, -0.1) is 0 Å². The highest BCUT2D eigenvalue weighted by Crippen LogP contribution is 2.47. The molecule has 2 aromatic rings. The van der Waals surface area contributed by atoms with E-state index in [4.69, 9.17) is 21.1 Å². The van der Waals surface area contributed by atoms with Gasteiger partial charge in [-0.3, -0.25) is 4.79 Å². The van der Waals surface area contributed by atoms with Crippen LogP contribution in [0.4, 0.5) is 9.18 Å². The number of ether oxygens (including phenoxy) is 2. The van der Waals surface area contributed by atoms with Crippen LogP contribution in [-0.2, 0) is 4.79 Å². The summed E-state index contributed by atoms with van der Waals surface area (Å²) in [6.07, 6.45) is 1.05. The first-order valence-electron chi connectivity index (χ1n) is 10.8. The maximum absolute atomic E-state index is 13.5. The average molecular weight is 477 g/mol. The van der Waals surface area contributed by atoms with E-state index in [0.29, 0.717) is 37.9 Å². The molecule has 0 spiro atoms. The Bertz CT molecular complexity index is 1040. The molecule has 5 rings (SSSR count). The molecule has 3 aliphatic rings. The lowest BCUT2D eigenvalue weighted by Crippen LogP contribution is -2.70. The summed E-state index contributed by atoms with van der Waals surface area (Å²) in [6.45, 7) is 1.66. The molecule has 0 saturated heterocycles. The van der Waals surface area contributed by atoms with Crippen LogP contribution in [0, 0.1) is 12.7 Å². The number of aryl methyl sites for hydroxylation is 1. The average Bonchev–Trinajstić information content (AvgIpc) is 2.77. The number of hydrogen-bond donors (Lipinski definition) is 3. The van der Waals surface area contributed by atoms with Gasteiger partial charge in [0.2, 0.25) is 0 Å². The van der Waals surface area contributed by atoms with E-state index >= 15 is 0 Å². The summed E-state index contributed by atoms with van der Waals surface area (Å²) < 4.78 is 24.3. The van der Waals surface area contributed by atoms with E-state index in [0.717, 1.165) is 11.6 Å². The van der Waals surface area contributed by atoms with Crippen molar-refractivity contribution in [1.82, 2.24) is 10.6 Å². The first-order chi connectivity index (χ1) is 15.7. The van der Waals surface area contributed by atoms with Crippen LogP contribution in [0.15, 0.2) is 42.5 Å². The number of amides is 2. The van der Waals surface area contributed by atoms with E-state index in [1.165, 1.54) is 12.1 Å². The van der Waals surface area contributed by atoms with Crippen LogP contribution in [0.5, 0.6) is 11.5 Å². The standard InChI is InChI=1S/C24H26ClFN2O5/c1-15-2-4-16(5-3-15)33-22(31)28-24-10-8-23(9-11-24,13-20(24)29)27-21(30)14-32-17-6-7-18(25)19(26)12-17/h2-7,12,20,29H,8-11,13-14H2,1H3,(H,27,30)(H,28,31). The molecule has 1 atom stereocenters. The number of nitrogens with one attached hydrogen (secondary N) is 2. The maximum atomic E-state index is 13.5. The molecule has 7 nitrogen and oxygen atoms in total. The molecule has 33 heavy (non-hydrogen) atoms. The zero-order valence-corrected chi connectivity index (χ0v) is 19.0. The second-order valence-electron chi connectivity index (χ2n) is 8.90. The highest BCUT2D eigenvalue weighted by molar-refractivity contribution is 6.30. The number of carbonyl (C=O) groups excluding carboxylic acids is 2. The number of aliphatic hydroxyl groups excluding tert-OH is 1. The van der Waals surface area contributed by atoms with Gasteiger partial charge >= 0.3 is 6.09 Å². The van der Waals surface area contributed by atoms with Crippen LogP contribution in [0.1, 0.15) is 37.7 Å². The van der Waals surface area contributed by atoms with E-state index in [1.54, 1.807) is 12.1 Å². The Kier molecular flexibility index (Phi) is 6.50. The van der Waals surface area contributed by atoms with Gasteiger partial charge in [-0.25, -0.2) is 9.18 Å². The minimum absolute atomic E-state index is 0.0241. The lowest BCUT2D eigenvalue weighted by atomic mass is 9.60. The number of aliphatic hydroxyl groups is 1. The fourth-order valence-corrected chi connectivity index (χ4v) is 4.77. The van der Waals surface area contributed by atoms with Gasteiger partial charge in [0.25, 0.3) is 5.91 Å². The van der Waals surface area contributed by atoms with Crippen LogP contribution < -0.4 is 20.1 Å². The van der Waals surface area contributed by atoms with Crippen molar-refractivity contribution in [2.45, 2.75) is 56.2 Å². The summed E-state index contributed by atoms with van der Waals surface area (Å²) in [5.74, 6) is -0.357. The van der Waals surface area contributed by atoms with Gasteiger partial charge in [0.05, 0.1) is 16.7 Å². The normalized spacial score (nSPS) is 25.9. The Morgan fingerprint density at radius 1 is 1.09 bits per heavy atom. The number of fused-ring (bicyclic) bond motifs is 3. The molecular formula is C24H26ClFN2O5. The van der Waals surface area contributed by atoms with Crippen LogP contribution in [-0.4, -0.2) is 40.9 Å². The summed E-state index contributed by atoms with van der Waals surface area (Å²) >= 11 is 5.65. The van der Waals surface area contributed by atoms with Crippen LogP contribution in [0.3, 0.4) is 0 Å². The third kappa shape index (κ3) is 5.23. The molecule has 2 bridgehead atoms. The third-order valence-corrected chi connectivity index (χ3v) is 6.88. The monoisotopic (exact) mass is 476 g/mol. The number of rotatable bonds is 6. The first-order valence-corrected chi connectivity index (χ1v) is 11.2. The summed E-state index contributed by atoms with van der Waals surface area (Å²) in [5.41, 5.74) is -0.304. The fourth-order valence-electron chi connectivity index (χ4n) is 4.65. The lowest BCUT2D eigenvalue weighted by Gasteiger charge is -2.56. The van der Waals surface area contributed by atoms with Crippen molar-refractivity contribution >= 4 is 23.6 Å². The van der Waals surface area contributed by atoms with E-state index in [2.05, 4.69) is 10.6 Å². The lowest BCUT2D eigenvalue weighted by molar-refractivity contribution is -0.129. The third-order valence-electron chi connectivity index (χ3n) is 6.57. The summed E-state index contributed by atoms with van der Waals surface area (Å²) in [6, 6.07) is 11.1. The minimum atomic E-state index is -0.836. The second-order valence-corrected chi connectivity index (χ2v) is 9.30. The Hall–Kier alpha value is -2.84. The van der Waals surface area contributed by atoms with Crippen molar-refractivity contribution in [3.8, 4) is 11.5 Å². The summed E-state index contributed by atoms with van der Waals surface area (Å²) in [5, 5.41) is 16.7. The molecular weight excluding hydrogens is 451 g/mol. The maximum Gasteiger partial charge on any atom is 0.413 e. The molecule has 3 fully saturated rings. The van der Waals surface area contributed by atoms with Crippen molar-refractivity contribution in [1.29, 1.82) is 0 Å². The summed E-state index contributed by atoms with van der Waals surface area (Å²) in [4.78, 5) is 24.9. The van der Waals surface area contributed by atoms with Crippen LogP contribution in [0.25, 0.3) is 0 Å². The Labute approximate surface area is 196 Å². The minimum Gasteiger partial charge on any atom is -0.484 e. The zero-order valence-electron chi connectivity index (χ0n) is 18.2. The highest BCUT2D eigenvalue weighted by atomic mass is 35.5. The van der Waals surface area contributed by atoms with Gasteiger partial charge in [-0.1, -0.05) is 29.3 Å². The molecule has 0 heterocycles. The molecule has 9 heteroatoms. The first kappa shape index (κ1) is 23.3. The smallest absolute Gasteiger partial charge is 0.413 e. The van der Waals surface area contributed by atoms with E-state index in [1.807, 2.05) is 19.1 Å². The van der Waals surface area contributed by atoms with Crippen LogP contribution in [0.2, 0.25) is 5.02 Å². The Morgan fingerprint density at radius 3 is 2.39 bits per heavy atom. The fraction of sp³-hybridized carbons (Fsp3) is 0.417. The topological polar surface area (TPSA) is 96.9 Å².